The Balaban J connectivity index is 1.95. The van der Waals surface area contributed by atoms with Gasteiger partial charge >= 0.3 is 12.1 Å². The number of aromatic nitrogens is 3. The molecule has 0 N–H and O–H groups in total. The highest BCUT2D eigenvalue weighted by Crippen LogP contribution is 2.45. The van der Waals surface area contributed by atoms with Crippen LogP contribution in [0.1, 0.15) is 53.9 Å². The Morgan fingerprint density at radius 3 is 2.72 bits per heavy atom. The van der Waals surface area contributed by atoms with Crippen LogP contribution in [-0.2, 0) is 20.4 Å². The van der Waals surface area contributed by atoms with Crippen molar-refractivity contribution in [3.8, 4) is 11.4 Å². The standard InChI is InChI=1S/C25H23ClF3N3O4/c1-4-11-35-19-8-6-7-16(14(19)3)22-17-12-15(26)9-10-18(17)32-23(30-31-24(32)25(27,28)29)20(36-22)13-21(33)34-5-2/h4,6-10,12,20,22H,1,5,11,13H2,2-3H3/t20-,22-/m1/s1. The first-order chi connectivity index (χ1) is 17.2. The van der Waals surface area contributed by atoms with E-state index < -0.39 is 30.2 Å². The Hall–Kier alpha value is -3.37. The van der Waals surface area contributed by atoms with E-state index in [-0.39, 0.29) is 31.1 Å². The van der Waals surface area contributed by atoms with Crippen LogP contribution in [0.2, 0.25) is 5.02 Å². The van der Waals surface area contributed by atoms with Crippen molar-refractivity contribution in [2.24, 2.45) is 0 Å². The van der Waals surface area contributed by atoms with Gasteiger partial charge in [-0.05, 0) is 49.2 Å². The number of benzene rings is 2. The van der Waals surface area contributed by atoms with Crippen molar-refractivity contribution >= 4 is 17.6 Å². The van der Waals surface area contributed by atoms with Gasteiger partial charge in [-0.25, -0.2) is 0 Å². The fraction of sp³-hybridized carbons (Fsp3) is 0.320. The first-order valence-corrected chi connectivity index (χ1v) is 11.5. The minimum absolute atomic E-state index is 0.104. The average Bonchev–Trinajstić information content (AvgIpc) is 3.22. The molecule has 2 atom stereocenters. The second kappa shape index (κ2) is 10.3. The molecule has 11 heteroatoms. The van der Waals surface area contributed by atoms with Crippen molar-refractivity contribution in [1.82, 2.24) is 14.8 Å². The van der Waals surface area contributed by atoms with Crippen molar-refractivity contribution < 1.29 is 32.2 Å². The Bertz CT molecular complexity index is 1290. The van der Waals surface area contributed by atoms with Crippen LogP contribution in [0.15, 0.2) is 49.1 Å². The smallest absolute Gasteiger partial charge is 0.452 e. The van der Waals surface area contributed by atoms with E-state index in [2.05, 4.69) is 16.8 Å². The first-order valence-electron chi connectivity index (χ1n) is 11.1. The van der Waals surface area contributed by atoms with E-state index >= 15 is 0 Å². The van der Waals surface area contributed by atoms with Gasteiger partial charge in [0, 0.05) is 10.6 Å². The SMILES string of the molecule is C=CCOc1cccc([C@H]2O[C@H](CC(=O)OCC)c3nnc(C(F)(F)F)n3-c3ccc(Cl)cc32)c1C. The average molecular weight is 522 g/mol. The minimum Gasteiger partial charge on any atom is -0.489 e. The van der Waals surface area contributed by atoms with E-state index in [1.807, 2.05) is 6.92 Å². The Morgan fingerprint density at radius 1 is 1.25 bits per heavy atom. The highest BCUT2D eigenvalue weighted by molar-refractivity contribution is 6.30. The van der Waals surface area contributed by atoms with Gasteiger partial charge < -0.3 is 14.2 Å². The maximum atomic E-state index is 14.0. The van der Waals surface area contributed by atoms with E-state index in [0.29, 0.717) is 27.5 Å². The Morgan fingerprint density at radius 2 is 2.03 bits per heavy atom. The molecule has 2 heterocycles. The molecule has 36 heavy (non-hydrogen) atoms. The fourth-order valence-corrected chi connectivity index (χ4v) is 4.32. The van der Waals surface area contributed by atoms with Crippen molar-refractivity contribution in [3.05, 3.63) is 82.4 Å². The summed E-state index contributed by atoms with van der Waals surface area (Å²) < 4.78 is 60.0. The number of fused-ring (bicyclic) bond motifs is 3. The largest absolute Gasteiger partial charge is 0.489 e. The summed E-state index contributed by atoms with van der Waals surface area (Å²) in [6.45, 7) is 7.47. The van der Waals surface area contributed by atoms with E-state index in [9.17, 15) is 18.0 Å². The van der Waals surface area contributed by atoms with E-state index in [1.54, 1.807) is 31.2 Å². The first kappa shape index (κ1) is 25.7. The van der Waals surface area contributed by atoms with E-state index in [4.69, 9.17) is 25.8 Å². The summed E-state index contributed by atoms with van der Waals surface area (Å²) in [5.41, 5.74) is 1.82. The molecule has 4 rings (SSSR count). The maximum absolute atomic E-state index is 14.0. The number of rotatable bonds is 7. The normalized spacial score (nSPS) is 17.1. The highest BCUT2D eigenvalue weighted by atomic mass is 35.5. The molecule has 7 nitrogen and oxygen atoms in total. The van der Waals surface area contributed by atoms with E-state index in [0.717, 1.165) is 4.57 Å². The van der Waals surface area contributed by atoms with Crippen molar-refractivity contribution in [3.63, 3.8) is 0 Å². The second-order valence-electron chi connectivity index (χ2n) is 8.00. The lowest BCUT2D eigenvalue weighted by molar-refractivity contribution is -0.147. The Labute approximate surface area is 210 Å². The molecular formula is C25H23ClF3N3O4. The molecule has 0 amide bonds. The number of halogens is 4. The zero-order valence-electron chi connectivity index (χ0n) is 19.5. The van der Waals surface area contributed by atoms with Gasteiger partial charge in [0.1, 0.15) is 24.6 Å². The third-order valence-corrected chi connectivity index (χ3v) is 5.90. The van der Waals surface area contributed by atoms with Gasteiger partial charge in [0.05, 0.1) is 18.7 Å². The van der Waals surface area contributed by atoms with Crippen LogP contribution in [0.4, 0.5) is 13.2 Å². The fourth-order valence-electron chi connectivity index (χ4n) is 4.14. The topological polar surface area (TPSA) is 75.5 Å². The molecule has 1 aromatic heterocycles. The number of alkyl halides is 3. The lowest BCUT2D eigenvalue weighted by Gasteiger charge is -2.24. The number of ether oxygens (including phenoxy) is 3. The molecular weight excluding hydrogens is 499 g/mol. The summed E-state index contributed by atoms with van der Waals surface area (Å²) in [6, 6.07) is 9.77. The number of nitrogens with zero attached hydrogens (tertiary/aromatic N) is 3. The molecule has 0 spiro atoms. The number of carbonyl (C=O) groups is 1. The minimum atomic E-state index is -4.81. The molecule has 1 aliphatic heterocycles. The summed E-state index contributed by atoms with van der Waals surface area (Å²) in [4.78, 5) is 12.4. The lowest BCUT2D eigenvalue weighted by atomic mass is 9.95. The zero-order valence-corrected chi connectivity index (χ0v) is 20.3. The van der Waals surface area contributed by atoms with Crippen LogP contribution in [0.3, 0.4) is 0 Å². The Kier molecular flexibility index (Phi) is 7.37. The molecule has 2 aromatic carbocycles. The van der Waals surface area contributed by atoms with Crippen LogP contribution >= 0.6 is 11.6 Å². The molecule has 1 aliphatic rings. The molecule has 0 saturated heterocycles. The van der Waals surface area contributed by atoms with Crippen molar-refractivity contribution in [2.75, 3.05) is 13.2 Å². The molecule has 190 valence electrons. The molecule has 0 saturated carbocycles. The molecule has 0 unspecified atom stereocenters. The van der Waals surface area contributed by atoms with Crippen LogP contribution in [-0.4, -0.2) is 33.9 Å². The van der Waals surface area contributed by atoms with Crippen molar-refractivity contribution in [2.45, 2.75) is 38.7 Å². The lowest BCUT2D eigenvalue weighted by Crippen LogP contribution is -2.18. The summed E-state index contributed by atoms with van der Waals surface area (Å²) in [5, 5.41) is 7.49. The molecule has 0 radical (unpaired) electrons. The third kappa shape index (κ3) is 4.96. The number of esters is 1. The summed E-state index contributed by atoms with van der Waals surface area (Å²) >= 11 is 6.29. The van der Waals surface area contributed by atoms with Crippen LogP contribution in [0.5, 0.6) is 5.75 Å². The summed E-state index contributed by atoms with van der Waals surface area (Å²) in [5.74, 6) is -1.49. The van der Waals surface area contributed by atoms with Crippen molar-refractivity contribution in [1.29, 1.82) is 0 Å². The third-order valence-electron chi connectivity index (χ3n) is 5.67. The molecule has 0 aliphatic carbocycles. The van der Waals surface area contributed by atoms with Gasteiger partial charge in [0.2, 0.25) is 5.82 Å². The van der Waals surface area contributed by atoms with E-state index in [1.165, 1.54) is 18.2 Å². The molecule has 0 bridgehead atoms. The summed E-state index contributed by atoms with van der Waals surface area (Å²) in [6.07, 6.45) is -5.68. The van der Waals surface area contributed by atoms with Gasteiger partial charge in [-0.1, -0.05) is 36.4 Å². The van der Waals surface area contributed by atoms with Crippen LogP contribution in [0.25, 0.3) is 5.69 Å². The van der Waals surface area contributed by atoms with Gasteiger partial charge in [0.25, 0.3) is 0 Å². The monoisotopic (exact) mass is 521 g/mol. The maximum Gasteiger partial charge on any atom is 0.452 e. The zero-order chi connectivity index (χ0) is 26.0. The highest BCUT2D eigenvalue weighted by Gasteiger charge is 2.43. The summed E-state index contributed by atoms with van der Waals surface area (Å²) in [7, 11) is 0. The van der Waals surface area contributed by atoms with Gasteiger partial charge in [-0.2, -0.15) is 13.2 Å². The second-order valence-corrected chi connectivity index (χ2v) is 8.44. The predicted molar refractivity (Wildman–Crippen MR) is 125 cm³/mol. The van der Waals surface area contributed by atoms with Crippen LogP contribution < -0.4 is 4.74 Å². The van der Waals surface area contributed by atoms with Crippen LogP contribution in [0, 0.1) is 6.92 Å². The molecule has 0 fully saturated rings. The predicted octanol–water partition coefficient (Wildman–Crippen LogP) is 5.93. The number of hydrogen-bond donors (Lipinski definition) is 0. The van der Waals surface area contributed by atoms with Gasteiger partial charge in [0.15, 0.2) is 5.82 Å². The molecule has 3 aromatic rings. The number of hydrogen-bond acceptors (Lipinski definition) is 6. The quantitative estimate of drug-likeness (QED) is 0.283. The van der Waals surface area contributed by atoms with Gasteiger partial charge in [-0.3, -0.25) is 9.36 Å². The van der Waals surface area contributed by atoms with Gasteiger partial charge in [-0.15, -0.1) is 10.2 Å². The number of carbonyl (C=O) groups excluding carboxylic acids is 1.